The molecule has 0 amide bonds. The maximum Gasteiger partial charge on any atom is 0.357 e. The average molecular weight is 290 g/mol. The summed E-state index contributed by atoms with van der Waals surface area (Å²) in [5, 5.41) is 4.20. The number of ketones is 1. The molecule has 0 radical (unpaired) electrons. The monoisotopic (exact) mass is 290 g/mol. The van der Waals surface area contributed by atoms with E-state index in [4.69, 9.17) is 4.74 Å². The van der Waals surface area contributed by atoms with E-state index >= 15 is 0 Å². The van der Waals surface area contributed by atoms with E-state index in [1.165, 1.54) is 23.7 Å². The van der Waals surface area contributed by atoms with Crippen LogP contribution in [0.3, 0.4) is 0 Å². The summed E-state index contributed by atoms with van der Waals surface area (Å²) >= 11 is 0. The van der Waals surface area contributed by atoms with Crippen molar-refractivity contribution < 1.29 is 18.7 Å². The SMILES string of the molecule is CCOC(=O)c1cc(C)nn1-c1ccc(F)cc1C(C)=O. The Morgan fingerprint density at radius 1 is 1.33 bits per heavy atom. The Bertz CT molecular complexity index is 707. The maximum absolute atomic E-state index is 13.3. The average Bonchev–Trinajstić information content (AvgIpc) is 2.81. The predicted octanol–water partition coefficient (Wildman–Crippen LogP) is 2.70. The van der Waals surface area contributed by atoms with Crippen molar-refractivity contribution >= 4 is 11.8 Å². The maximum atomic E-state index is 13.3. The van der Waals surface area contributed by atoms with Crippen molar-refractivity contribution in [1.82, 2.24) is 9.78 Å². The number of aromatic nitrogens is 2. The number of esters is 1. The van der Waals surface area contributed by atoms with E-state index < -0.39 is 11.8 Å². The van der Waals surface area contributed by atoms with Crippen LogP contribution < -0.4 is 0 Å². The molecule has 1 heterocycles. The van der Waals surface area contributed by atoms with Crippen LogP contribution in [0.4, 0.5) is 4.39 Å². The van der Waals surface area contributed by atoms with Crippen LogP contribution in [0.5, 0.6) is 0 Å². The van der Waals surface area contributed by atoms with Gasteiger partial charge in [0.15, 0.2) is 11.5 Å². The molecule has 2 rings (SSSR count). The van der Waals surface area contributed by atoms with Crippen molar-refractivity contribution in [2.75, 3.05) is 6.61 Å². The van der Waals surface area contributed by atoms with Gasteiger partial charge in [0.2, 0.25) is 0 Å². The molecule has 0 spiro atoms. The zero-order valence-corrected chi connectivity index (χ0v) is 12.0. The zero-order chi connectivity index (χ0) is 15.6. The number of halogens is 1. The van der Waals surface area contributed by atoms with Crippen LogP contribution in [0, 0.1) is 12.7 Å². The molecular weight excluding hydrogens is 275 g/mol. The molecule has 0 saturated carbocycles. The van der Waals surface area contributed by atoms with E-state index in [2.05, 4.69) is 5.10 Å². The normalized spacial score (nSPS) is 10.5. The molecule has 0 unspecified atom stereocenters. The smallest absolute Gasteiger partial charge is 0.357 e. The lowest BCUT2D eigenvalue weighted by Crippen LogP contribution is -2.14. The number of Topliss-reactive ketones (excluding diaryl/α,β-unsaturated/α-hetero) is 1. The van der Waals surface area contributed by atoms with E-state index in [0.29, 0.717) is 11.4 Å². The van der Waals surface area contributed by atoms with Gasteiger partial charge in [-0.05, 0) is 45.0 Å². The van der Waals surface area contributed by atoms with Gasteiger partial charge in [0.05, 0.1) is 18.0 Å². The first kappa shape index (κ1) is 14.9. The van der Waals surface area contributed by atoms with Crippen LogP contribution >= 0.6 is 0 Å². The minimum Gasteiger partial charge on any atom is -0.461 e. The third-order valence-electron chi connectivity index (χ3n) is 2.88. The van der Waals surface area contributed by atoms with Gasteiger partial charge in [-0.2, -0.15) is 5.10 Å². The molecule has 0 fully saturated rings. The second kappa shape index (κ2) is 5.87. The summed E-state index contributed by atoms with van der Waals surface area (Å²) in [5.41, 5.74) is 1.30. The van der Waals surface area contributed by atoms with E-state index in [1.807, 2.05) is 0 Å². The van der Waals surface area contributed by atoms with Crippen LogP contribution in [0.2, 0.25) is 0 Å². The van der Waals surface area contributed by atoms with Crippen molar-refractivity contribution in [3.8, 4) is 5.69 Å². The van der Waals surface area contributed by atoms with Gasteiger partial charge >= 0.3 is 5.97 Å². The number of hydrogen-bond donors (Lipinski definition) is 0. The van der Waals surface area contributed by atoms with E-state index in [1.54, 1.807) is 19.9 Å². The second-order valence-corrected chi connectivity index (χ2v) is 4.52. The van der Waals surface area contributed by atoms with Crippen LogP contribution in [0.15, 0.2) is 24.3 Å². The summed E-state index contributed by atoms with van der Waals surface area (Å²) in [5.74, 6) is -1.38. The van der Waals surface area contributed by atoms with E-state index in [-0.39, 0.29) is 23.6 Å². The summed E-state index contributed by atoms with van der Waals surface area (Å²) in [6.07, 6.45) is 0. The first-order valence-corrected chi connectivity index (χ1v) is 6.48. The van der Waals surface area contributed by atoms with Crippen LogP contribution in [-0.4, -0.2) is 28.1 Å². The number of hydrogen-bond acceptors (Lipinski definition) is 4. The Morgan fingerprint density at radius 2 is 2.05 bits per heavy atom. The first-order valence-electron chi connectivity index (χ1n) is 6.48. The summed E-state index contributed by atoms with van der Waals surface area (Å²) < 4.78 is 19.6. The molecule has 0 N–H and O–H groups in total. The molecule has 0 atom stereocenters. The quantitative estimate of drug-likeness (QED) is 0.641. The van der Waals surface area contributed by atoms with Gasteiger partial charge in [-0.1, -0.05) is 0 Å². The highest BCUT2D eigenvalue weighted by atomic mass is 19.1. The molecule has 0 bridgehead atoms. The van der Waals surface area contributed by atoms with E-state index in [9.17, 15) is 14.0 Å². The number of carbonyl (C=O) groups is 2. The van der Waals surface area contributed by atoms with Crippen LogP contribution in [0.25, 0.3) is 5.69 Å². The molecule has 0 saturated heterocycles. The Labute approximate surface area is 121 Å². The minimum absolute atomic E-state index is 0.156. The molecule has 110 valence electrons. The van der Waals surface area contributed by atoms with Gasteiger partial charge in [-0.3, -0.25) is 4.79 Å². The Morgan fingerprint density at radius 3 is 2.67 bits per heavy atom. The lowest BCUT2D eigenvalue weighted by atomic mass is 10.1. The van der Waals surface area contributed by atoms with Gasteiger partial charge in [0, 0.05) is 5.56 Å². The number of aryl methyl sites for hydroxylation is 1. The molecule has 0 aliphatic rings. The lowest BCUT2D eigenvalue weighted by Gasteiger charge is -2.10. The van der Waals surface area contributed by atoms with Gasteiger partial charge < -0.3 is 4.74 Å². The molecule has 0 aliphatic carbocycles. The van der Waals surface area contributed by atoms with Crippen molar-refractivity contribution in [3.05, 3.63) is 47.0 Å². The van der Waals surface area contributed by atoms with Gasteiger partial charge in [-0.15, -0.1) is 0 Å². The van der Waals surface area contributed by atoms with Gasteiger partial charge in [0.25, 0.3) is 0 Å². The minimum atomic E-state index is -0.545. The molecular formula is C15H15FN2O3. The Kier molecular flexibility index (Phi) is 4.16. The van der Waals surface area contributed by atoms with Crippen molar-refractivity contribution in [3.63, 3.8) is 0 Å². The number of rotatable bonds is 4. The standard InChI is InChI=1S/C15H15FN2O3/c1-4-21-15(20)14-7-9(2)17-18(14)13-6-5-11(16)8-12(13)10(3)19/h5-8H,4H2,1-3H3. The first-order chi connectivity index (χ1) is 9.93. The van der Waals surface area contributed by atoms with Crippen molar-refractivity contribution in [2.24, 2.45) is 0 Å². The van der Waals surface area contributed by atoms with Crippen molar-refractivity contribution in [1.29, 1.82) is 0 Å². The molecule has 6 heteroatoms. The fourth-order valence-electron chi connectivity index (χ4n) is 2.01. The Hall–Kier alpha value is -2.50. The van der Waals surface area contributed by atoms with Crippen LogP contribution in [-0.2, 0) is 4.74 Å². The summed E-state index contributed by atoms with van der Waals surface area (Å²) in [4.78, 5) is 23.6. The summed E-state index contributed by atoms with van der Waals surface area (Å²) in [6, 6.07) is 5.32. The Balaban J connectivity index is 2.62. The van der Waals surface area contributed by atoms with Gasteiger partial charge in [0.1, 0.15) is 5.82 Å². The zero-order valence-electron chi connectivity index (χ0n) is 12.0. The lowest BCUT2D eigenvalue weighted by molar-refractivity contribution is 0.0515. The number of nitrogens with zero attached hydrogens (tertiary/aromatic N) is 2. The summed E-state index contributed by atoms with van der Waals surface area (Å²) in [6.45, 7) is 4.98. The van der Waals surface area contributed by atoms with E-state index in [0.717, 1.165) is 6.07 Å². The fourth-order valence-corrected chi connectivity index (χ4v) is 2.01. The highest BCUT2D eigenvalue weighted by Crippen LogP contribution is 2.20. The molecule has 0 aliphatic heterocycles. The molecule has 5 nitrogen and oxygen atoms in total. The molecule has 2 aromatic rings. The highest BCUT2D eigenvalue weighted by molar-refractivity contribution is 5.98. The molecule has 1 aromatic carbocycles. The number of carbonyl (C=O) groups excluding carboxylic acids is 2. The fraction of sp³-hybridized carbons (Fsp3) is 0.267. The number of benzene rings is 1. The molecule has 1 aromatic heterocycles. The second-order valence-electron chi connectivity index (χ2n) is 4.52. The third-order valence-corrected chi connectivity index (χ3v) is 2.88. The third kappa shape index (κ3) is 2.99. The number of ether oxygens (including phenoxy) is 1. The topological polar surface area (TPSA) is 61.2 Å². The molecule has 21 heavy (non-hydrogen) atoms. The summed E-state index contributed by atoms with van der Waals surface area (Å²) in [7, 11) is 0. The largest absolute Gasteiger partial charge is 0.461 e. The highest BCUT2D eigenvalue weighted by Gasteiger charge is 2.20. The van der Waals surface area contributed by atoms with Gasteiger partial charge in [-0.25, -0.2) is 13.9 Å². The van der Waals surface area contributed by atoms with Crippen molar-refractivity contribution in [2.45, 2.75) is 20.8 Å². The predicted molar refractivity (Wildman–Crippen MR) is 74.2 cm³/mol. The van der Waals surface area contributed by atoms with Crippen LogP contribution in [0.1, 0.15) is 40.4 Å².